The summed E-state index contributed by atoms with van der Waals surface area (Å²) in [5.74, 6) is 1.03. The molecule has 96 valence electrons. The van der Waals surface area contributed by atoms with Gasteiger partial charge in [0.2, 0.25) is 0 Å². The summed E-state index contributed by atoms with van der Waals surface area (Å²) >= 11 is 0. The van der Waals surface area contributed by atoms with Gasteiger partial charge in [0.15, 0.2) is 0 Å². The van der Waals surface area contributed by atoms with Crippen LogP contribution in [-0.4, -0.2) is 6.61 Å². The molecule has 0 bridgehead atoms. The molecular formula is C15H23FO. The van der Waals surface area contributed by atoms with Crippen LogP contribution in [0, 0.1) is 18.7 Å². The van der Waals surface area contributed by atoms with Crippen molar-refractivity contribution in [1.82, 2.24) is 0 Å². The summed E-state index contributed by atoms with van der Waals surface area (Å²) in [5, 5.41) is 0. The van der Waals surface area contributed by atoms with Crippen LogP contribution < -0.4 is 4.74 Å². The number of hydrogen-bond acceptors (Lipinski definition) is 1. The topological polar surface area (TPSA) is 9.23 Å². The van der Waals surface area contributed by atoms with Gasteiger partial charge in [-0.1, -0.05) is 39.2 Å². The maximum atomic E-state index is 13.1. The zero-order valence-corrected chi connectivity index (χ0v) is 11.1. The van der Waals surface area contributed by atoms with Gasteiger partial charge < -0.3 is 4.74 Å². The lowest BCUT2D eigenvalue weighted by atomic mass is 10.0. The molecule has 0 heterocycles. The molecule has 0 aliphatic carbocycles. The first-order valence-electron chi connectivity index (χ1n) is 6.56. The van der Waals surface area contributed by atoms with Crippen molar-refractivity contribution >= 4 is 0 Å². The van der Waals surface area contributed by atoms with Gasteiger partial charge in [-0.15, -0.1) is 0 Å². The highest BCUT2D eigenvalue weighted by Gasteiger charge is 2.08. The van der Waals surface area contributed by atoms with Gasteiger partial charge in [-0.3, -0.25) is 0 Å². The van der Waals surface area contributed by atoms with E-state index in [2.05, 4.69) is 13.8 Å². The Labute approximate surface area is 104 Å². The first-order chi connectivity index (χ1) is 8.17. The highest BCUT2D eigenvalue weighted by molar-refractivity contribution is 5.32. The van der Waals surface area contributed by atoms with Crippen molar-refractivity contribution in [3.8, 4) is 5.75 Å². The quantitative estimate of drug-likeness (QED) is 0.667. The molecule has 1 rings (SSSR count). The standard InChI is InChI=1S/C15H23FO/c1-4-6-7-13(5-2)11-17-15-10-14(16)9-8-12(15)3/h8-10,13H,4-7,11H2,1-3H3. The van der Waals surface area contributed by atoms with Crippen LogP contribution in [0.15, 0.2) is 18.2 Å². The predicted octanol–water partition coefficient (Wildman–Crippen LogP) is 4.73. The Balaban J connectivity index is 2.50. The molecule has 17 heavy (non-hydrogen) atoms. The van der Waals surface area contributed by atoms with Crippen LogP contribution in [0.3, 0.4) is 0 Å². The summed E-state index contributed by atoms with van der Waals surface area (Å²) in [6, 6.07) is 4.70. The molecule has 1 aromatic rings. The Hall–Kier alpha value is -1.05. The van der Waals surface area contributed by atoms with Crippen LogP contribution in [0.4, 0.5) is 4.39 Å². The fourth-order valence-corrected chi connectivity index (χ4v) is 1.84. The summed E-state index contributed by atoms with van der Waals surface area (Å²) in [5.41, 5.74) is 0.997. The SMILES string of the molecule is CCCCC(CC)COc1cc(F)ccc1C. The summed E-state index contributed by atoms with van der Waals surface area (Å²) in [6.07, 6.45) is 4.77. The van der Waals surface area contributed by atoms with Gasteiger partial charge in [0.05, 0.1) is 6.61 Å². The van der Waals surface area contributed by atoms with E-state index in [1.807, 2.05) is 6.92 Å². The van der Waals surface area contributed by atoms with Crippen LogP contribution in [0.1, 0.15) is 45.1 Å². The van der Waals surface area contributed by atoms with Gasteiger partial charge >= 0.3 is 0 Å². The molecule has 0 aliphatic rings. The molecule has 0 fully saturated rings. The molecule has 0 saturated heterocycles. The molecule has 2 heteroatoms. The van der Waals surface area contributed by atoms with E-state index in [0.29, 0.717) is 18.3 Å². The van der Waals surface area contributed by atoms with Crippen LogP contribution >= 0.6 is 0 Å². The van der Waals surface area contributed by atoms with Crippen LogP contribution in [0.2, 0.25) is 0 Å². The van der Waals surface area contributed by atoms with Gasteiger partial charge in [-0.25, -0.2) is 4.39 Å². The first kappa shape index (κ1) is 14.0. The number of ether oxygens (including phenoxy) is 1. The molecule has 1 aromatic carbocycles. The monoisotopic (exact) mass is 238 g/mol. The molecule has 0 aliphatic heterocycles. The van der Waals surface area contributed by atoms with Gasteiger partial charge in [-0.2, -0.15) is 0 Å². The van der Waals surface area contributed by atoms with Crippen molar-refractivity contribution in [1.29, 1.82) is 0 Å². The average Bonchev–Trinajstić information content (AvgIpc) is 2.33. The Morgan fingerprint density at radius 3 is 2.71 bits per heavy atom. The smallest absolute Gasteiger partial charge is 0.126 e. The summed E-state index contributed by atoms with van der Waals surface area (Å²) in [6.45, 7) is 7.02. The second-order valence-electron chi connectivity index (χ2n) is 4.64. The lowest BCUT2D eigenvalue weighted by Crippen LogP contribution is -2.11. The molecule has 0 amide bonds. The summed E-state index contributed by atoms with van der Waals surface area (Å²) in [4.78, 5) is 0. The number of benzene rings is 1. The minimum atomic E-state index is -0.229. The first-order valence-corrected chi connectivity index (χ1v) is 6.56. The van der Waals surface area contributed by atoms with E-state index in [0.717, 1.165) is 12.0 Å². The van der Waals surface area contributed by atoms with Crippen molar-refractivity contribution in [3.05, 3.63) is 29.6 Å². The number of halogens is 1. The molecule has 0 spiro atoms. The van der Waals surface area contributed by atoms with Gasteiger partial charge in [0.25, 0.3) is 0 Å². The van der Waals surface area contributed by atoms with Gasteiger partial charge in [0, 0.05) is 6.07 Å². The van der Waals surface area contributed by atoms with Crippen LogP contribution in [0.5, 0.6) is 5.75 Å². The van der Waals surface area contributed by atoms with Crippen LogP contribution in [-0.2, 0) is 0 Å². The number of aryl methyl sites for hydroxylation is 1. The third kappa shape index (κ3) is 4.76. The zero-order valence-electron chi connectivity index (χ0n) is 11.1. The highest BCUT2D eigenvalue weighted by Crippen LogP contribution is 2.21. The third-order valence-corrected chi connectivity index (χ3v) is 3.17. The Morgan fingerprint density at radius 2 is 2.06 bits per heavy atom. The minimum Gasteiger partial charge on any atom is -0.493 e. The zero-order chi connectivity index (χ0) is 12.7. The number of rotatable bonds is 7. The van der Waals surface area contributed by atoms with Crippen molar-refractivity contribution in [2.45, 2.75) is 46.5 Å². The number of hydrogen-bond donors (Lipinski definition) is 0. The number of unbranched alkanes of at least 4 members (excludes halogenated alkanes) is 1. The van der Waals surface area contributed by atoms with Crippen molar-refractivity contribution in [2.24, 2.45) is 5.92 Å². The summed E-state index contributed by atoms with van der Waals surface area (Å²) < 4.78 is 18.8. The average molecular weight is 238 g/mol. The van der Waals surface area contributed by atoms with Crippen molar-refractivity contribution < 1.29 is 9.13 Å². The van der Waals surface area contributed by atoms with E-state index < -0.39 is 0 Å². The minimum absolute atomic E-state index is 0.229. The lowest BCUT2D eigenvalue weighted by Gasteiger charge is -2.16. The Bertz CT molecular complexity index is 336. The third-order valence-electron chi connectivity index (χ3n) is 3.17. The lowest BCUT2D eigenvalue weighted by molar-refractivity contribution is 0.231. The largest absolute Gasteiger partial charge is 0.493 e. The van der Waals surface area contributed by atoms with E-state index in [4.69, 9.17) is 4.74 Å². The van der Waals surface area contributed by atoms with Crippen molar-refractivity contribution in [2.75, 3.05) is 6.61 Å². The molecule has 0 N–H and O–H groups in total. The van der Waals surface area contributed by atoms with Crippen LogP contribution in [0.25, 0.3) is 0 Å². The maximum Gasteiger partial charge on any atom is 0.126 e. The second-order valence-corrected chi connectivity index (χ2v) is 4.64. The van der Waals surface area contributed by atoms with E-state index in [1.54, 1.807) is 6.07 Å². The second kappa shape index (κ2) is 7.31. The highest BCUT2D eigenvalue weighted by atomic mass is 19.1. The fraction of sp³-hybridized carbons (Fsp3) is 0.600. The summed E-state index contributed by atoms with van der Waals surface area (Å²) in [7, 11) is 0. The van der Waals surface area contributed by atoms with E-state index in [-0.39, 0.29) is 5.82 Å². The molecule has 0 aromatic heterocycles. The normalized spacial score (nSPS) is 12.5. The molecular weight excluding hydrogens is 215 g/mol. The Morgan fingerprint density at radius 1 is 1.29 bits per heavy atom. The van der Waals surface area contributed by atoms with E-state index in [1.165, 1.54) is 31.4 Å². The van der Waals surface area contributed by atoms with Gasteiger partial charge in [0.1, 0.15) is 11.6 Å². The van der Waals surface area contributed by atoms with E-state index in [9.17, 15) is 4.39 Å². The van der Waals surface area contributed by atoms with E-state index >= 15 is 0 Å². The fourth-order valence-electron chi connectivity index (χ4n) is 1.84. The molecule has 0 saturated carbocycles. The Kier molecular flexibility index (Phi) is 6.03. The molecule has 1 atom stereocenters. The maximum absolute atomic E-state index is 13.1. The molecule has 1 nitrogen and oxygen atoms in total. The molecule has 0 radical (unpaired) electrons. The van der Waals surface area contributed by atoms with Gasteiger partial charge in [-0.05, 0) is 30.9 Å². The van der Waals surface area contributed by atoms with Crippen molar-refractivity contribution in [3.63, 3.8) is 0 Å². The molecule has 1 unspecified atom stereocenters. The predicted molar refractivity (Wildman–Crippen MR) is 69.9 cm³/mol.